The van der Waals surface area contributed by atoms with E-state index in [0.29, 0.717) is 5.82 Å². The molecule has 11 aromatic rings. The fraction of sp³-hybridized carbons (Fsp3) is 0.0169. The van der Waals surface area contributed by atoms with Gasteiger partial charge < -0.3 is 0 Å². The Morgan fingerprint density at radius 2 is 0.887 bits per heavy atom. The highest BCUT2D eigenvalue weighted by Crippen LogP contribution is 2.57. The SMILES string of the molecule is c1ccc(-c2ccc(-c3cccc4c3sc3ccccc34)c(-c3cc(-c4ccc5c(c4)C(c4ccccc4)(c4ccccc4)c4ccccc4-5)nc(-c4ccccc4)n3)c2)cc1. The molecule has 0 fully saturated rings. The van der Waals surface area contributed by atoms with Crippen LogP contribution in [0.15, 0.2) is 231 Å². The topological polar surface area (TPSA) is 25.8 Å². The van der Waals surface area contributed by atoms with Crippen molar-refractivity contribution in [2.75, 3.05) is 0 Å². The van der Waals surface area contributed by atoms with E-state index in [0.717, 1.165) is 44.8 Å². The van der Waals surface area contributed by atoms with Crippen LogP contribution >= 0.6 is 11.3 Å². The van der Waals surface area contributed by atoms with Crippen LogP contribution in [0.2, 0.25) is 0 Å². The van der Waals surface area contributed by atoms with Crippen molar-refractivity contribution >= 4 is 31.5 Å². The Hall–Kier alpha value is -7.72. The Morgan fingerprint density at radius 3 is 1.65 bits per heavy atom. The highest BCUT2D eigenvalue weighted by molar-refractivity contribution is 7.26. The third-order valence-corrected chi connectivity index (χ3v) is 13.8. The molecule has 12 rings (SSSR count). The molecule has 3 heteroatoms. The zero-order valence-corrected chi connectivity index (χ0v) is 34.6. The number of rotatable bonds is 7. The summed E-state index contributed by atoms with van der Waals surface area (Å²) in [6.07, 6.45) is 0. The maximum absolute atomic E-state index is 5.46. The summed E-state index contributed by atoms with van der Waals surface area (Å²) in [5.41, 5.74) is 16.4. The van der Waals surface area contributed by atoms with Gasteiger partial charge in [0.25, 0.3) is 0 Å². The van der Waals surface area contributed by atoms with Crippen molar-refractivity contribution in [3.63, 3.8) is 0 Å². The molecular formula is C59H38N2S. The molecule has 0 bridgehead atoms. The van der Waals surface area contributed by atoms with E-state index in [9.17, 15) is 0 Å². The maximum atomic E-state index is 5.46. The smallest absolute Gasteiger partial charge is 0.160 e. The van der Waals surface area contributed by atoms with Gasteiger partial charge in [0, 0.05) is 42.4 Å². The molecule has 2 nitrogen and oxygen atoms in total. The zero-order valence-electron chi connectivity index (χ0n) is 33.7. The van der Waals surface area contributed by atoms with Crippen molar-refractivity contribution < 1.29 is 0 Å². The summed E-state index contributed by atoms with van der Waals surface area (Å²) in [5, 5.41) is 2.56. The minimum Gasteiger partial charge on any atom is -0.228 e. The third kappa shape index (κ3) is 5.78. The predicted octanol–water partition coefficient (Wildman–Crippen LogP) is 15.5. The summed E-state index contributed by atoms with van der Waals surface area (Å²) in [5.74, 6) is 0.690. The number of aromatic nitrogens is 2. The molecular weight excluding hydrogens is 769 g/mol. The second-order valence-corrected chi connectivity index (χ2v) is 17.1. The van der Waals surface area contributed by atoms with Crippen molar-refractivity contribution in [2.45, 2.75) is 5.41 Å². The van der Waals surface area contributed by atoms with Crippen molar-refractivity contribution in [1.29, 1.82) is 0 Å². The van der Waals surface area contributed by atoms with Gasteiger partial charge in [-0.05, 0) is 74.3 Å². The summed E-state index contributed by atoms with van der Waals surface area (Å²) in [7, 11) is 0. The first kappa shape index (κ1) is 36.2. The molecule has 0 N–H and O–H groups in total. The van der Waals surface area contributed by atoms with Gasteiger partial charge in [0.2, 0.25) is 0 Å². The first-order valence-corrected chi connectivity index (χ1v) is 22.0. The molecule has 0 unspecified atom stereocenters. The van der Waals surface area contributed by atoms with Crippen molar-refractivity contribution in [2.24, 2.45) is 0 Å². The molecule has 0 spiro atoms. The summed E-state index contributed by atoms with van der Waals surface area (Å²) >= 11 is 1.86. The molecule has 62 heavy (non-hydrogen) atoms. The standard InChI is InChI=1S/C59H38N2S/c1-5-18-39(19-6-1)41-32-34-45(49-28-17-29-50-48-27-14-16-31-56(48)62-57(49)50)51(36-41)55-38-54(60-58(61-55)40-20-7-2-8-21-40)42-33-35-47-46-26-13-15-30-52(46)59(53(47)37-42,43-22-9-3-10-23-43)44-24-11-4-12-25-44/h1-38H. The first-order valence-electron chi connectivity index (χ1n) is 21.1. The molecule has 0 radical (unpaired) electrons. The van der Waals surface area contributed by atoms with E-state index >= 15 is 0 Å². The fourth-order valence-corrected chi connectivity index (χ4v) is 11.0. The van der Waals surface area contributed by atoms with Crippen LogP contribution in [0.25, 0.3) is 87.5 Å². The van der Waals surface area contributed by atoms with Gasteiger partial charge in [-0.3, -0.25) is 0 Å². The molecule has 1 aliphatic rings. The van der Waals surface area contributed by atoms with Crippen LogP contribution in [0.1, 0.15) is 22.3 Å². The summed E-state index contributed by atoms with van der Waals surface area (Å²) < 4.78 is 2.56. The second kappa shape index (κ2) is 14.8. The number of hydrogen-bond acceptors (Lipinski definition) is 3. The lowest BCUT2D eigenvalue weighted by molar-refractivity contribution is 0.768. The summed E-state index contributed by atoms with van der Waals surface area (Å²) in [4.78, 5) is 10.9. The van der Waals surface area contributed by atoms with Gasteiger partial charge in [-0.15, -0.1) is 11.3 Å². The minimum absolute atomic E-state index is 0.525. The molecule has 0 saturated heterocycles. The quantitative estimate of drug-likeness (QED) is 0.160. The van der Waals surface area contributed by atoms with Crippen LogP contribution in [-0.2, 0) is 5.41 Å². The van der Waals surface area contributed by atoms with Crippen LogP contribution in [0.4, 0.5) is 0 Å². The van der Waals surface area contributed by atoms with E-state index < -0.39 is 5.41 Å². The van der Waals surface area contributed by atoms with Gasteiger partial charge in [-0.2, -0.15) is 0 Å². The van der Waals surface area contributed by atoms with E-state index in [1.807, 2.05) is 17.4 Å². The van der Waals surface area contributed by atoms with Crippen LogP contribution in [0.3, 0.4) is 0 Å². The Morgan fingerprint density at radius 1 is 0.323 bits per heavy atom. The summed E-state index contributed by atoms with van der Waals surface area (Å²) in [6, 6.07) is 83.4. The molecule has 0 aliphatic heterocycles. The van der Waals surface area contributed by atoms with E-state index in [1.54, 1.807) is 0 Å². The van der Waals surface area contributed by atoms with E-state index in [2.05, 4.69) is 224 Å². The third-order valence-electron chi connectivity index (χ3n) is 12.6. The van der Waals surface area contributed by atoms with Gasteiger partial charge in [-0.25, -0.2) is 9.97 Å². The van der Waals surface area contributed by atoms with Crippen molar-refractivity contribution in [1.82, 2.24) is 9.97 Å². The highest BCUT2D eigenvalue weighted by atomic mass is 32.1. The van der Waals surface area contributed by atoms with Crippen LogP contribution in [0.5, 0.6) is 0 Å². The number of hydrogen-bond donors (Lipinski definition) is 0. The first-order chi connectivity index (χ1) is 30.7. The van der Waals surface area contributed by atoms with E-state index in [4.69, 9.17) is 9.97 Å². The maximum Gasteiger partial charge on any atom is 0.160 e. The lowest BCUT2D eigenvalue weighted by atomic mass is 9.67. The monoisotopic (exact) mass is 806 g/mol. The van der Waals surface area contributed by atoms with Crippen molar-refractivity contribution in [3.05, 3.63) is 253 Å². The minimum atomic E-state index is -0.525. The molecule has 2 heterocycles. The normalized spacial score (nSPS) is 12.6. The number of thiophene rings is 1. The Kier molecular flexibility index (Phi) is 8.62. The zero-order chi connectivity index (χ0) is 41.0. The lowest BCUT2D eigenvalue weighted by Crippen LogP contribution is -2.28. The molecule has 9 aromatic carbocycles. The molecule has 0 saturated carbocycles. The van der Waals surface area contributed by atoms with Gasteiger partial charge in [-0.1, -0.05) is 206 Å². The van der Waals surface area contributed by atoms with Crippen LogP contribution < -0.4 is 0 Å². The molecule has 290 valence electrons. The molecule has 2 aromatic heterocycles. The van der Waals surface area contributed by atoms with E-state index in [-0.39, 0.29) is 0 Å². The number of benzene rings is 9. The Bertz CT molecular complexity index is 3410. The van der Waals surface area contributed by atoms with Gasteiger partial charge in [0.05, 0.1) is 16.8 Å². The number of nitrogens with zero attached hydrogens (tertiary/aromatic N) is 2. The number of fused-ring (bicyclic) bond motifs is 6. The van der Waals surface area contributed by atoms with E-state index in [1.165, 1.54) is 59.1 Å². The fourth-order valence-electron chi connectivity index (χ4n) is 9.81. The lowest BCUT2D eigenvalue weighted by Gasteiger charge is -2.34. The summed E-state index contributed by atoms with van der Waals surface area (Å²) in [6.45, 7) is 0. The largest absolute Gasteiger partial charge is 0.228 e. The van der Waals surface area contributed by atoms with Gasteiger partial charge in [0.15, 0.2) is 5.82 Å². The Balaban J connectivity index is 1.12. The Labute approximate surface area is 365 Å². The van der Waals surface area contributed by atoms with Crippen LogP contribution in [0, 0.1) is 0 Å². The van der Waals surface area contributed by atoms with Crippen LogP contribution in [-0.4, -0.2) is 9.97 Å². The molecule has 0 amide bonds. The second-order valence-electron chi connectivity index (χ2n) is 16.0. The molecule has 0 atom stereocenters. The molecule has 1 aliphatic carbocycles. The highest BCUT2D eigenvalue weighted by Gasteiger charge is 2.46. The average molecular weight is 807 g/mol. The van der Waals surface area contributed by atoms with Gasteiger partial charge >= 0.3 is 0 Å². The predicted molar refractivity (Wildman–Crippen MR) is 259 cm³/mol. The van der Waals surface area contributed by atoms with Gasteiger partial charge in [0.1, 0.15) is 0 Å². The average Bonchev–Trinajstić information content (AvgIpc) is 3.89. The van der Waals surface area contributed by atoms with Crippen molar-refractivity contribution in [3.8, 4) is 67.3 Å².